The molecule has 0 aliphatic heterocycles. The summed E-state index contributed by atoms with van der Waals surface area (Å²) in [5.41, 5.74) is 1.29. The molecule has 0 saturated carbocycles. The van der Waals surface area contributed by atoms with E-state index in [0.717, 1.165) is 11.1 Å². The monoisotopic (exact) mass is 282 g/mol. The van der Waals surface area contributed by atoms with Crippen LogP contribution in [0.1, 0.15) is 25.8 Å². The van der Waals surface area contributed by atoms with Gasteiger partial charge in [-0.05, 0) is 39.0 Å². The van der Waals surface area contributed by atoms with E-state index in [4.69, 9.17) is 0 Å². The minimum atomic E-state index is -0.847. The number of hydrogen-bond donors (Lipinski definition) is 1. The van der Waals surface area contributed by atoms with Gasteiger partial charge in [0.1, 0.15) is 5.01 Å². The predicted molar refractivity (Wildman–Crippen MR) is 74.1 cm³/mol. The molecule has 0 aliphatic rings. The molecule has 0 amide bonds. The van der Waals surface area contributed by atoms with Crippen molar-refractivity contribution in [1.29, 1.82) is 0 Å². The van der Waals surface area contributed by atoms with Crippen molar-refractivity contribution in [2.75, 3.05) is 0 Å². The van der Waals surface area contributed by atoms with E-state index in [9.17, 15) is 8.78 Å². The highest BCUT2D eigenvalue weighted by Gasteiger charge is 2.11. The highest BCUT2D eigenvalue weighted by molar-refractivity contribution is 7.09. The average Bonchev–Trinajstić information content (AvgIpc) is 2.78. The molecule has 102 valence electrons. The maximum absolute atomic E-state index is 13.2. The Morgan fingerprint density at radius 1 is 1.21 bits per heavy atom. The van der Waals surface area contributed by atoms with Gasteiger partial charge in [0.15, 0.2) is 11.6 Å². The van der Waals surface area contributed by atoms with Crippen LogP contribution in [0.2, 0.25) is 0 Å². The highest BCUT2D eigenvalue weighted by Crippen LogP contribution is 2.23. The van der Waals surface area contributed by atoms with E-state index in [1.54, 1.807) is 0 Å². The molecule has 2 rings (SSSR count). The molecule has 0 radical (unpaired) electrons. The fourth-order valence-electron chi connectivity index (χ4n) is 1.52. The van der Waals surface area contributed by atoms with Crippen LogP contribution < -0.4 is 5.32 Å². The van der Waals surface area contributed by atoms with Crippen LogP contribution in [-0.2, 0) is 6.54 Å². The molecule has 2 nitrogen and oxygen atoms in total. The van der Waals surface area contributed by atoms with Crippen molar-refractivity contribution in [1.82, 2.24) is 10.3 Å². The van der Waals surface area contributed by atoms with Crippen LogP contribution in [0.3, 0.4) is 0 Å². The van der Waals surface area contributed by atoms with Crippen LogP contribution in [0, 0.1) is 11.6 Å². The first-order valence-corrected chi connectivity index (χ1v) is 6.88. The lowest BCUT2D eigenvalue weighted by Crippen LogP contribution is -2.34. The third-order valence-electron chi connectivity index (χ3n) is 2.54. The summed E-state index contributed by atoms with van der Waals surface area (Å²) in [6, 6.07) is 3.83. The van der Waals surface area contributed by atoms with Crippen LogP contribution in [0.4, 0.5) is 8.78 Å². The lowest BCUT2D eigenvalue weighted by Gasteiger charge is -2.19. The molecule has 0 aliphatic carbocycles. The Morgan fingerprint density at radius 3 is 2.58 bits per heavy atom. The van der Waals surface area contributed by atoms with E-state index in [-0.39, 0.29) is 5.54 Å². The molecule has 19 heavy (non-hydrogen) atoms. The molecule has 0 spiro atoms. The number of halogens is 2. The predicted octanol–water partition coefficient (Wildman–Crippen LogP) is 3.98. The standard InChI is InChI=1S/C14H16F2N2S/c1-14(2,3)17-7-13-18-12(8-19-13)9-4-5-10(15)11(16)6-9/h4-6,8,17H,7H2,1-3H3. The molecule has 5 heteroatoms. The van der Waals surface area contributed by atoms with Crippen LogP contribution in [0.15, 0.2) is 23.6 Å². The fraction of sp³-hybridized carbons (Fsp3) is 0.357. The van der Waals surface area contributed by atoms with Crippen LogP contribution in [0.5, 0.6) is 0 Å². The lowest BCUT2D eigenvalue weighted by atomic mass is 10.1. The smallest absolute Gasteiger partial charge is 0.159 e. The summed E-state index contributed by atoms with van der Waals surface area (Å²) in [4.78, 5) is 4.42. The second-order valence-electron chi connectivity index (χ2n) is 5.36. The van der Waals surface area contributed by atoms with E-state index in [1.807, 2.05) is 5.38 Å². The van der Waals surface area contributed by atoms with E-state index >= 15 is 0 Å². The first-order chi connectivity index (χ1) is 8.85. The van der Waals surface area contributed by atoms with Gasteiger partial charge in [0.25, 0.3) is 0 Å². The summed E-state index contributed by atoms with van der Waals surface area (Å²) in [5, 5.41) is 6.12. The first kappa shape index (κ1) is 14.1. The highest BCUT2D eigenvalue weighted by atomic mass is 32.1. The number of hydrogen-bond acceptors (Lipinski definition) is 3. The lowest BCUT2D eigenvalue weighted by molar-refractivity contribution is 0.424. The summed E-state index contributed by atoms with van der Waals surface area (Å²) >= 11 is 1.51. The SMILES string of the molecule is CC(C)(C)NCc1nc(-c2ccc(F)c(F)c2)cs1. The van der Waals surface area contributed by atoms with E-state index in [0.29, 0.717) is 17.8 Å². The number of nitrogens with zero attached hydrogens (tertiary/aromatic N) is 1. The number of rotatable bonds is 3. The first-order valence-electron chi connectivity index (χ1n) is 6.00. The van der Waals surface area contributed by atoms with Gasteiger partial charge in [-0.25, -0.2) is 13.8 Å². The van der Waals surface area contributed by atoms with Gasteiger partial charge in [-0.3, -0.25) is 0 Å². The minimum absolute atomic E-state index is 0.0216. The van der Waals surface area contributed by atoms with Gasteiger partial charge in [0.05, 0.1) is 5.69 Å². The molecular formula is C14H16F2N2S. The quantitative estimate of drug-likeness (QED) is 0.921. The Morgan fingerprint density at radius 2 is 1.95 bits per heavy atom. The zero-order valence-corrected chi connectivity index (χ0v) is 11.9. The van der Waals surface area contributed by atoms with Crippen molar-refractivity contribution in [3.05, 3.63) is 40.2 Å². The van der Waals surface area contributed by atoms with Crippen molar-refractivity contribution in [3.8, 4) is 11.3 Å². The van der Waals surface area contributed by atoms with E-state index in [2.05, 4.69) is 31.1 Å². The van der Waals surface area contributed by atoms with E-state index < -0.39 is 11.6 Å². The second-order valence-corrected chi connectivity index (χ2v) is 6.30. The molecular weight excluding hydrogens is 266 g/mol. The molecule has 1 heterocycles. The number of benzene rings is 1. The molecule has 2 aromatic rings. The summed E-state index contributed by atoms with van der Waals surface area (Å²) < 4.78 is 26.0. The maximum atomic E-state index is 13.2. The Kier molecular flexibility index (Phi) is 3.96. The molecule has 1 N–H and O–H groups in total. The van der Waals surface area contributed by atoms with Gasteiger partial charge in [-0.1, -0.05) is 0 Å². The van der Waals surface area contributed by atoms with Gasteiger partial charge >= 0.3 is 0 Å². The van der Waals surface area contributed by atoms with Gasteiger partial charge < -0.3 is 5.32 Å². The van der Waals surface area contributed by atoms with Crippen LogP contribution >= 0.6 is 11.3 Å². The normalized spacial score (nSPS) is 11.8. The Bertz CT molecular complexity index is 573. The van der Waals surface area contributed by atoms with Gasteiger partial charge in [-0.15, -0.1) is 11.3 Å². The van der Waals surface area contributed by atoms with Crippen molar-refractivity contribution in [3.63, 3.8) is 0 Å². The summed E-state index contributed by atoms with van der Waals surface area (Å²) in [6.45, 7) is 6.91. The van der Waals surface area contributed by atoms with Crippen molar-refractivity contribution < 1.29 is 8.78 Å². The molecule has 1 aromatic heterocycles. The van der Waals surface area contributed by atoms with E-state index in [1.165, 1.54) is 23.5 Å². The third-order valence-corrected chi connectivity index (χ3v) is 3.39. The maximum Gasteiger partial charge on any atom is 0.159 e. The molecule has 1 aromatic carbocycles. The number of aromatic nitrogens is 1. The molecule has 0 unspecified atom stereocenters. The Labute approximate surface area is 115 Å². The average molecular weight is 282 g/mol. The van der Waals surface area contributed by atoms with Crippen molar-refractivity contribution in [2.45, 2.75) is 32.9 Å². The van der Waals surface area contributed by atoms with Crippen molar-refractivity contribution >= 4 is 11.3 Å². The fourth-order valence-corrected chi connectivity index (χ4v) is 2.26. The third kappa shape index (κ3) is 3.81. The largest absolute Gasteiger partial charge is 0.306 e. The Hall–Kier alpha value is -1.33. The summed E-state index contributed by atoms with van der Waals surface area (Å²) in [7, 11) is 0. The zero-order valence-electron chi connectivity index (χ0n) is 11.1. The molecule has 0 atom stereocenters. The van der Waals surface area contributed by atoms with Gasteiger partial charge in [0.2, 0.25) is 0 Å². The van der Waals surface area contributed by atoms with Gasteiger partial charge in [0, 0.05) is 23.0 Å². The zero-order chi connectivity index (χ0) is 14.0. The topological polar surface area (TPSA) is 24.9 Å². The number of thiazole rings is 1. The minimum Gasteiger partial charge on any atom is -0.306 e. The Balaban J connectivity index is 2.14. The summed E-state index contributed by atoms with van der Waals surface area (Å²) in [5.74, 6) is -1.69. The number of nitrogens with one attached hydrogen (secondary N) is 1. The van der Waals surface area contributed by atoms with Crippen LogP contribution in [-0.4, -0.2) is 10.5 Å². The summed E-state index contributed by atoms with van der Waals surface area (Å²) in [6.07, 6.45) is 0. The molecule has 0 bridgehead atoms. The van der Waals surface area contributed by atoms with Crippen molar-refractivity contribution in [2.24, 2.45) is 0 Å². The molecule has 0 saturated heterocycles. The second kappa shape index (κ2) is 5.35. The van der Waals surface area contributed by atoms with Gasteiger partial charge in [-0.2, -0.15) is 0 Å². The molecule has 0 fully saturated rings. The van der Waals surface area contributed by atoms with Crippen LogP contribution in [0.25, 0.3) is 11.3 Å².